The van der Waals surface area contributed by atoms with Crippen molar-refractivity contribution < 1.29 is 31.5 Å². The number of halogens is 5. The van der Waals surface area contributed by atoms with Gasteiger partial charge in [-0.25, -0.2) is 18.7 Å². The highest BCUT2D eigenvalue weighted by molar-refractivity contribution is 6.07. The van der Waals surface area contributed by atoms with Crippen molar-refractivity contribution >= 4 is 23.2 Å². The number of hydrogen-bond acceptors (Lipinski definition) is 8. The van der Waals surface area contributed by atoms with Gasteiger partial charge in [-0.15, -0.1) is 0 Å². The Morgan fingerprint density at radius 1 is 0.978 bits per heavy atom. The molecule has 1 amide bonds. The molecule has 2 fully saturated rings. The van der Waals surface area contributed by atoms with Crippen LogP contribution in [0.25, 0.3) is 11.1 Å². The van der Waals surface area contributed by atoms with E-state index in [2.05, 4.69) is 15.3 Å². The van der Waals surface area contributed by atoms with Gasteiger partial charge < -0.3 is 29.3 Å². The normalized spacial score (nSPS) is 21.2. The molecule has 242 valence electrons. The smallest absolute Gasteiger partial charge is 0.372 e. The number of likely N-dealkylation sites (N-methyl/N-ethyl adjacent to an activating group) is 1. The Kier molecular flexibility index (Phi) is 8.86. The van der Waals surface area contributed by atoms with Crippen molar-refractivity contribution in [1.29, 1.82) is 0 Å². The molecule has 10 nitrogen and oxygen atoms in total. The lowest BCUT2D eigenvalue weighted by Crippen LogP contribution is -2.50. The number of ether oxygens (including phenoxy) is 1. The Bertz CT molecular complexity index is 1640. The molecule has 0 unspecified atom stereocenters. The van der Waals surface area contributed by atoms with Crippen LogP contribution in [0.3, 0.4) is 0 Å². The lowest BCUT2D eigenvalue weighted by molar-refractivity contribution is -0.138. The summed E-state index contributed by atoms with van der Waals surface area (Å²) in [6, 6.07) is 1.33. The molecular weight excluding hydrogens is 601 g/mol. The third-order valence-corrected chi connectivity index (χ3v) is 8.14. The van der Waals surface area contributed by atoms with Gasteiger partial charge in [0, 0.05) is 82.1 Å². The molecule has 4 heterocycles. The fourth-order valence-electron chi connectivity index (χ4n) is 5.69. The fraction of sp³-hybridized carbons (Fsp3) is 0.467. The number of nitrogens with zero attached hydrogens (tertiary/aromatic N) is 6. The molecule has 45 heavy (non-hydrogen) atoms. The summed E-state index contributed by atoms with van der Waals surface area (Å²) in [6.45, 7) is 7.98. The minimum absolute atomic E-state index is 0.0276. The van der Waals surface area contributed by atoms with E-state index < -0.39 is 51.7 Å². The standard InChI is InChI=1S/C30H34F5N7O3/c1-16-12-41(7-6-39(16)4)23-9-22(31)25(19-10-36-29(37-11-19)42-13-17(2)45-18(3)14-42)26(32)27(23)38-28(44)20-15-40(5)24(43)8-21(20)30(33,34)35/h8-11,15-18H,6-7,12-14H2,1-5H3,(H,38,44)/t16-,17-,18-/m0/s1. The van der Waals surface area contributed by atoms with Crippen molar-refractivity contribution in [3.05, 3.63) is 63.8 Å². The van der Waals surface area contributed by atoms with E-state index in [4.69, 9.17) is 4.74 Å². The highest BCUT2D eigenvalue weighted by Crippen LogP contribution is 2.40. The molecule has 3 aromatic rings. The van der Waals surface area contributed by atoms with Crippen molar-refractivity contribution in [3.8, 4) is 11.1 Å². The Morgan fingerprint density at radius 2 is 1.62 bits per heavy atom. The first-order valence-corrected chi connectivity index (χ1v) is 14.4. The van der Waals surface area contributed by atoms with Crippen LogP contribution >= 0.6 is 0 Å². The molecule has 1 N–H and O–H groups in total. The van der Waals surface area contributed by atoms with Crippen LogP contribution in [0.1, 0.15) is 36.7 Å². The molecule has 3 atom stereocenters. The molecule has 0 spiro atoms. The summed E-state index contributed by atoms with van der Waals surface area (Å²) in [5, 5.41) is 2.27. The molecule has 0 aliphatic carbocycles. The van der Waals surface area contributed by atoms with Crippen LogP contribution in [0, 0.1) is 11.6 Å². The highest BCUT2D eigenvalue weighted by atomic mass is 19.4. The number of morpholine rings is 1. The first-order valence-electron chi connectivity index (χ1n) is 14.4. The fourth-order valence-corrected chi connectivity index (χ4v) is 5.69. The molecule has 0 radical (unpaired) electrons. The second-order valence-corrected chi connectivity index (χ2v) is 11.7. The zero-order valence-corrected chi connectivity index (χ0v) is 25.5. The molecule has 5 rings (SSSR count). The molecule has 2 aromatic heterocycles. The van der Waals surface area contributed by atoms with Crippen LogP contribution < -0.4 is 20.7 Å². The van der Waals surface area contributed by atoms with Crippen LogP contribution in [-0.2, 0) is 18.0 Å². The van der Waals surface area contributed by atoms with E-state index in [0.717, 1.165) is 16.8 Å². The van der Waals surface area contributed by atoms with Crippen LogP contribution in [-0.4, -0.2) is 83.4 Å². The van der Waals surface area contributed by atoms with Crippen LogP contribution in [0.2, 0.25) is 0 Å². The third-order valence-electron chi connectivity index (χ3n) is 8.14. The van der Waals surface area contributed by atoms with Crippen LogP contribution in [0.15, 0.2) is 35.5 Å². The average Bonchev–Trinajstić information content (AvgIpc) is 2.96. The summed E-state index contributed by atoms with van der Waals surface area (Å²) < 4.78 is 80.3. The summed E-state index contributed by atoms with van der Waals surface area (Å²) in [6.07, 6.45) is -1.95. The van der Waals surface area contributed by atoms with E-state index in [-0.39, 0.29) is 29.5 Å². The molecule has 0 saturated carbocycles. The molecule has 2 aliphatic rings. The highest BCUT2D eigenvalue weighted by Gasteiger charge is 2.37. The number of nitrogens with one attached hydrogen (secondary N) is 1. The summed E-state index contributed by atoms with van der Waals surface area (Å²) in [5.41, 5.74) is -4.47. The predicted octanol–water partition coefficient (Wildman–Crippen LogP) is 4.15. The van der Waals surface area contributed by atoms with Gasteiger partial charge in [0.15, 0.2) is 5.82 Å². The summed E-state index contributed by atoms with van der Waals surface area (Å²) >= 11 is 0. The first-order chi connectivity index (χ1) is 21.1. The monoisotopic (exact) mass is 635 g/mol. The second-order valence-electron chi connectivity index (χ2n) is 11.7. The lowest BCUT2D eigenvalue weighted by atomic mass is 10.0. The summed E-state index contributed by atoms with van der Waals surface area (Å²) in [5.74, 6) is -3.14. The minimum Gasteiger partial charge on any atom is -0.372 e. The number of rotatable bonds is 5. The third kappa shape index (κ3) is 6.64. The molecular formula is C30H34F5N7O3. The molecule has 15 heteroatoms. The van der Waals surface area contributed by atoms with E-state index in [1.807, 2.05) is 37.6 Å². The molecule has 0 bridgehead atoms. The van der Waals surface area contributed by atoms with Gasteiger partial charge in [0.2, 0.25) is 5.95 Å². The minimum atomic E-state index is -5.04. The number of alkyl halides is 3. The molecule has 1 aromatic carbocycles. The number of benzene rings is 1. The van der Waals surface area contributed by atoms with Gasteiger partial charge in [0.1, 0.15) is 11.5 Å². The van der Waals surface area contributed by atoms with E-state index in [1.54, 1.807) is 4.90 Å². The first kappa shape index (κ1) is 32.3. The average molecular weight is 636 g/mol. The Balaban J connectivity index is 1.58. The maximum absolute atomic E-state index is 16.5. The maximum Gasteiger partial charge on any atom is 0.417 e. The van der Waals surface area contributed by atoms with Gasteiger partial charge in [-0.3, -0.25) is 9.59 Å². The van der Waals surface area contributed by atoms with Crippen molar-refractivity contribution in [2.24, 2.45) is 7.05 Å². The van der Waals surface area contributed by atoms with Gasteiger partial charge >= 0.3 is 6.18 Å². The number of amides is 1. The quantitative estimate of drug-likeness (QED) is 0.418. The SMILES string of the molecule is C[C@H]1CN(c2ncc(-c3c(F)cc(N4CCN(C)[C@@H](C)C4)c(NC(=O)c4cn(C)c(=O)cc4C(F)(F)F)c3F)cn2)C[C@H](C)O1. The van der Waals surface area contributed by atoms with E-state index >= 15 is 8.78 Å². The number of piperazine rings is 1. The Hall–Kier alpha value is -4.11. The van der Waals surface area contributed by atoms with Crippen molar-refractivity contribution in [1.82, 2.24) is 19.4 Å². The topological polar surface area (TPSA) is 95.8 Å². The number of hydrogen-bond donors (Lipinski definition) is 1. The Labute approximate surface area is 256 Å². The van der Waals surface area contributed by atoms with E-state index in [9.17, 15) is 22.8 Å². The number of pyridine rings is 1. The van der Waals surface area contributed by atoms with Crippen molar-refractivity contribution in [3.63, 3.8) is 0 Å². The zero-order chi connectivity index (χ0) is 32.8. The van der Waals surface area contributed by atoms with Gasteiger partial charge in [-0.05, 0) is 27.8 Å². The largest absolute Gasteiger partial charge is 0.417 e. The number of aryl methyl sites for hydroxylation is 1. The zero-order valence-electron chi connectivity index (χ0n) is 25.5. The van der Waals surface area contributed by atoms with Gasteiger partial charge in [0.05, 0.1) is 34.6 Å². The predicted molar refractivity (Wildman–Crippen MR) is 159 cm³/mol. The van der Waals surface area contributed by atoms with Crippen molar-refractivity contribution in [2.75, 3.05) is 54.9 Å². The summed E-state index contributed by atoms with van der Waals surface area (Å²) in [4.78, 5) is 39.6. The maximum atomic E-state index is 16.5. The van der Waals surface area contributed by atoms with Gasteiger partial charge in [0.25, 0.3) is 11.5 Å². The number of anilines is 3. The molecule has 2 saturated heterocycles. The molecule has 2 aliphatic heterocycles. The van der Waals surface area contributed by atoms with Gasteiger partial charge in [-0.1, -0.05) is 0 Å². The van der Waals surface area contributed by atoms with Crippen LogP contribution in [0.4, 0.5) is 39.3 Å². The number of carbonyl (C=O) groups excluding carboxylic acids is 1. The summed E-state index contributed by atoms with van der Waals surface area (Å²) in [7, 11) is 3.09. The van der Waals surface area contributed by atoms with E-state index in [0.29, 0.717) is 44.7 Å². The number of carbonyl (C=O) groups is 1. The Morgan fingerprint density at radius 3 is 2.22 bits per heavy atom. The number of aromatic nitrogens is 3. The van der Waals surface area contributed by atoms with Gasteiger partial charge in [-0.2, -0.15) is 13.2 Å². The van der Waals surface area contributed by atoms with E-state index in [1.165, 1.54) is 19.4 Å². The lowest BCUT2D eigenvalue weighted by Gasteiger charge is -2.39. The van der Waals surface area contributed by atoms with Crippen molar-refractivity contribution in [2.45, 2.75) is 45.2 Å². The van der Waals surface area contributed by atoms with Crippen LogP contribution in [0.5, 0.6) is 0 Å². The second kappa shape index (κ2) is 12.4.